The van der Waals surface area contributed by atoms with E-state index in [-0.39, 0.29) is 25.1 Å². The fourth-order valence-corrected chi connectivity index (χ4v) is 3.44. The van der Waals surface area contributed by atoms with E-state index in [0.717, 1.165) is 18.2 Å². The molecule has 0 heterocycles. The number of nitrogens with one attached hydrogen (secondary N) is 1. The van der Waals surface area contributed by atoms with Gasteiger partial charge in [-0.2, -0.15) is 0 Å². The molecule has 11 heteroatoms. The van der Waals surface area contributed by atoms with Crippen molar-refractivity contribution in [2.75, 3.05) is 4.72 Å². The first-order valence-corrected chi connectivity index (χ1v) is 9.04. The molecule has 0 aromatic heterocycles. The molecule has 2 aromatic rings. The summed E-state index contributed by atoms with van der Waals surface area (Å²) in [7, 11) is -4.20. The van der Waals surface area contributed by atoms with Gasteiger partial charge in [-0.15, -0.1) is 13.2 Å². The van der Waals surface area contributed by atoms with Crippen LogP contribution in [0.3, 0.4) is 0 Å². The summed E-state index contributed by atoms with van der Waals surface area (Å²) in [5.74, 6) is -0.708. The molecular formula is C13H7BrCl2F3NO3S. The molecule has 0 spiro atoms. The van der Waals surface area contributed by atoms with Crippen LogP contribution < -0.4 is 9.46 Å². The van der Waals surface area contributed by atoms with E-state index in [9.17, 15) is 21.6 Å². The molecule has 0 radical (unpaired) electrons. The molecule has 130 valence electrons. The highest BCUT2D eigenvalue weighted by atomic mass is 79.9. The summed E-state index contributed by atoms with van der Waals surface area (Å²) in [5, 5.41) is 0.127. The second-order valence-electron chi connectivity index (χ2n) is 4.37. The van der Waals surface area contributed by atoms with Crippen LogP contribution in [0, 0.1) is 0 Å². The van der Waals surface area contributed by atoms with Crippen LogP contribution in [-0.4, -0.2) is 14.8 Å². The van der Waals surface area contributed by atoms with Crippen LogP contribution in [0.25, 0.3) is 0 Å². The minimum Gasteiger partial charge on any atom is -0.403 e. The van der Waals surface area contributed by atoms with E-state index >= 15 is 0 Å². The molecule has 2 rings (SSSR count). The number of alkyl halides is 3. The van der Waals surface area contributed by atoms with Crippen LogP contribution in [0.2, 0.25) is 10.0 Å². The van der Waals surface area contributed by atoms with Crippen LogP contribution >= 0.6 is 39.1 Å². The highest BCUT2D eigenvalue weighted by Crippen LogP contribution is 2.34. The molecule has 0 saturated carbocycles. The van der Waals surface area contributed by atoms with Crippen molar-refractivity contribution >= 4 is 54.8 Å². The molecule has 0 unspecified atom stereocenters. The van der Waals surface area contributed by atoms with Crippen LogP contribution in [0.5, 0.6) is 5.75 Å². The standard InChI is InChI=1S/C13H7BrCl2F3NO3S/c14-7-1-4-11(12(5-7)23-13(17,18)19)20-24(21,22)8-2-3-9(15)10(16)6-8/h1-6,20H. The molecular weight excluding hydrogens is 458 g/mol. The molecule has 0 aliphatic heterocycles. The maximum Gasteiger partial charge on any atom is 0.573 e. The Morgan fingerprint density at radius 1 is 1.04 bits per heavy atom. The number of benzene rings is 2. The van der Waals surface area contributed by atoms with Crippen LogP contribution in [0.1, 0.15) is 0 Å². The average molecular weight is 465 g/mol. The number of anilines is 1. The van der Waals surface area contributed by atoms with Crippen LogP contribution in [0.15, 0.2) is 45.8 Å². The van der Waals surface area contributed by atoms with Crippen molar-refractivity contribution in [2.45, 2.75) is 11.3 Å². The largest absolute Gasteiger partial charge is 0.573 e. The van der Waals surface area contributed by atoms with Crippen molar-refractivity contribution in [3.05, 3.63) is 50.9 Å². The minimum atomic E-state index is -4.98. The summed E-state index contributed by atoms with van der Waals surface area (Å²) in [4.78, 5) is -0.266. The Morgan fingerprint density at radius 2 is 1.71 bits per heavy atom. The third-order valence-corrected chi connectivity index (χ3v) is 5.21. The highest BCUT2D eigenvalue weighted by molar-refractivity contribution is 9.10. The van der Waals surface area contributed by atoms with Crippen molar-refractivity contribution in [3.63, 3.8) is 0 Å². The van der Waals surface area contributed by atoms with E-state index in [1.165, 1.54) is 18.2 Å². The lowest BCUT2D eigenvalue weighted by Gasteiger charge is -2.15. The lowest BCUT2D eigenvalue weighted by Crippen LogP contribution is -2.20. The predicted molar refractivity (Wildman–Crippen MR) is 88.1 cm³/mol. The smallest absolute Gasteiger partial charge is 0.403 e. The zero-order valence-corrected chi connectivity index (χ0v) is 15.3. The Labute approximate surface area is 153 Å². The van der Waals surface area contributed by atoms with Gasteiger partial charge in [0.25, 0.3) is 10.0 Å². The summed E-state index contributed by atoms with van der Waals surface area (Å²) in [6.07, 6.45) is -4.98. The number of sulfonamides is 1. The molecule has 2 aromatic carbocycles. The second kappa shape index (κ2) is 6.99. The lowest BCUT2D eigenvalue weighted by molar-refractivity contribution is -0.274. The maximum absolute atomic E-state index is 12.5. The second-order valence-corrected chi connectivity index (χ2v) is 7.78. The first-order valence-electron chi connectivity index (χ1n) is 6.01. The summed E-state index contributed by atoms with van der Waals surface area (Å²) in [6, 6.07) is 6.97. The minimum absolute atomic E-state index is 0.0119. The number of hydrogen-bond donors (Lipinski definition) is 1. The van der Waals surface area contributed by atoms with Crippen molar-refractivity contribution in [1.29, 1.82) is 0 Å². The molecule has 0 bridgehead atoms. The first kappa shape index (κ1) is 19.2. The quantitative estimate of drug-likeness (QED) is 0.654. The van der Waals surface area contributed by atoms with Gasteiger partial charge < -0.3 is 4.74 Å². The van der Waals surface area contributed by atoms with Crippen molar-refractivity contribution < 1.29 is 26.3 Å². The van der Waals surface area contributed by atoms with Gasteiger partial charge in [-0.1, -0.05) is 39.1 Å². The summed E-state index contributed by atoms with van der Waals surface area (Å²) in [6.45, 7) is 0. The van der Waals surface area contributed by atoms with Gasteiger partial charge in [0.15, 0.2) is 5.75 Å². The van der Waals surface area contributed by atoms with E-state index < -0.39 is 22.1 Å². The Morgan fingerprint density at radius 3 is 2.29 bits per heavy atom. The zero-order valence-electron chi connectivity index (χ0n) is 11.4. The molecule has 0 amide bonds. The molecule has 0 atom stereocenters. The van der Waals surface area contributed by atoms with E-state index in [1.54, 1.807) is 0 Å². The molecule has 0 aliphatic carbocycles. The van der Waals surface area contributed by atoms with Gasteiger partial charge in [-0.05, 0) is 36.4 Å². The van der Waals surface area contributed by atoms with Crippen LogP contribution in [0.4, 0.5) is 18.9 Å². The lowest BCUT2D eigenvalue weighted by atomic mass is 10.3. The number of ether oxygens (including phenoxy) is 1. The predicted octanol–water partition coefficient (Wildman–Crippen LogP) is 5.46. The van der Waals surface area contributed by atoms with Gasteiger partial charge in [-0.3, -0.25) is 4.72 Å². The molecule has 4 nitrogen and oxygen atoms in total. The van der Waals surface area contributed by atoms with E-state index in [4.69, 9.17) is 23.2 Å². The summed E-state index contributed by atoms with van der Waals surface area (Å²) in [5.41, 5.74) is -0.387. The number of rotatable bonds is 4. The normalized spacial score (nSPS) is 12.1. The maximum atomic E-state index is 12.5. The Balaban J connectivity index is 2.40. The SMILES string of the molecule is O=S(=O)(Nc1ccc(Br)cc1OC(F)(F)F)c1ccc(Cl)c(Cl)c1. The van der Waals surface area contributed by atoms with Crippen molar-refractivity contribution in [3.8, 4) is 5.75 Å². The molecule has 0 fully saturated rings. The zero-order chi connectivity index (χ0) is 18.1. The monoisotopic (exact) mass is 463 g/mol. The Bertz CT molecular complexity index is 875. The van der Waals surface area contributed by atoms with Crippen LogP contribution in [-0.2, 0) is 10.0 Å². The van der Waals surface area contributed by atoms with Crippen molar-refractivity contribution in [2.24, 2.45) is 0 Å². The van der Waals surface area contributed by atoms with Gasteiger partial charge in [0.05, 0.1) is 20.6 Å². The van der Waals surface area contributed by atoms with Gasteiger partial charge in [0.1, 0.15) is 0 Å². The Kier molecular flexibility index (Phi) is 5.58. The molecule has 1 N–H and O–H groups in total. The van der Waals surface area contributed by atoms with Gasteiger partial charge in [0, 0.05) is 4.47 Å². The fraction of sp³-hybridized carbons (Fsp3) is 0.0769. The third kappa shape index (κ3) is 4.92. The topological polar surface area (TPSA) is 55.4 Å². The third-order valence-electron chi connectivity index (χ3n) is 2.62. The van der Waals surface area contributed by atoms with E-state index in [0.29, 0.717) is 0 Å². The average Bonchev–Trinajstić information content (AvgIpc) is 2.43. The molecule has 0 saturated heterocycles. The van der Waals surface area contributed by atoms with Gasteiger partial charge in [-0.25, -0.2) is 8.42 Å². The highest BCUT2D eigenvalue weighted by Gasteiger charge is 2.33. The number of halogens is 6. The van der Waals surface area contributed by atoms with Gasteiger partial charge in [0.2, 0.25) is 0 Å². The summed E-state index contributed by atoms with van der Waals surface area (Å²) >= 11 is 14.5. The molecule has 24 heavy (non-hydrogen) atoms. The number of hydrogen-bond acceptors (Lipinski definition) is 3. The Hall–Kier alpha value is -1.16. The van der Waals surface area contributed by atoms with E-state index in [1.807, 2.05) is 4.72 Å². The first-order chi connectivity index (χ1) is 11.0. The van der Waals surface area contributed by atoms with Gasteiger partial charge >= 0.3 is 6.36 Å². The molecule has 0 aliphatic rings. The summed E-state index contributed by atoms with van der Waals surface area (Å²) < 4.78 is 68.1. The fourth-order valence-electron chi connectivity index (χ4n) is 1.64. The van der Waals surface area contributed by atoms with E-state index in [2.05, 4.69) is 20.7 Å². The van der Waals surface area contributed by atoms with Crippen molar-refractivity contribution in [1.82, 2.24) is 0 Å².